The van der Waals surface area contributed by atoms with Crippen molar-refractivity contribution in [3.05, 3.63) is 77.5 Å². The monoisotopic (exact) mass is 376 g/mol. The second kappa shape index (κ2) is 8.99. The minimum atomic E-state index is -0.266. The Morgan fingerprint density at radius 2 is 1.75 bits per heavy atom. The molecule has 0 saturated carbocycles. The summed E-state index contributed by atoms with van der Waals surface area (Å²) < 4.78 is 5.13. The van der Waals surface area contributed by atoms with Crippen LogP contribution in [0.3, 0.4) is 0 Å². The van der Waals surface area contributed by atoms with Crippen LogP contribution in [0.25, 0.3) is 0 Å². The first-order valence-corrected chi connectivity index (χ1v) is 9.17. The maximum Gasteiger partial charge on any atom is 0.272 e. The Labute approximate surface area is 165 Å². The number of nitrogens with one attached hydrogen (secondary N) is 2. The number of ether oxygens (including phenoxy) is 1. The molecule has 28 heavy (non-hydrogen) atoms. The number of hydrogen-bond acceptors (Lipinski definition) is 5. The largest absolute Gasteiger partial charge is 0.497 e. The van der Waals surface area contributed by atoms with Gasteiger partial charge in [-0.2, -0.15) is 0 Å². The Morgan fingerprint density at radius 3 is 2.39 bits per heavy atom. The van der Waals surface area contributed by atoms with Crippen molar-refractivity contribution in [2.45, 2.75) is 26.3 Å². The number of rotatable bonds is 7. The molecule has 1 aromatic heterocycles. The molecule has 0 fully saturated rings. The zero-order valence-corrected chi connectivity index (χ0v) is 16.3. The van der Waals surface area contributed by atoms with E-state index in [4.69, 9.17) is 4.74 Å². The molecule has 0 aliphatic rings. The van der Waals surface area contributed by atoms with Gasteiger partial charge in [0, 0.05) is 12.2 Å². The van der Waals surface area contributed by atoms with Gasteiger partial charge in [-0.05, 0) is 47.4 Å². The van der Waals surface area contributed by atoms with Crippen molar-refractivity contribution < 1.29 is 9.53 Å². The van der Waals surface area contributed by atoms with Crippen LogP contribution in [0.4, 0.5) is 11.5 Å². The molecule has 0 atom stereocenters. The molecule has 0 bridgehead atoms. The summed E-state index contributed by atoms with van der Waals surface area (Å²) in [6.07, 6.45) is 0. The number of methoxy groups -OCH3 is 1. The lowest BCUT2D eigenvalue weighted by atomic mass is 10.0. The van der Waals surface area contributed by atoms with E-state index in [1.54, 1.807) is 19.2 Å². The number of amides is 1. The lowest BCUT2D eigenvalue weighted by molar-refractivity contribution is 0.0945. The van der Waals surface area contributed by atoms with Crippen molar-refractivity contribution in [3.8, 4) is 5.75 Å². The zero-order chi connectivity index (χ0) is 19.9. The van der Waals surface area contributed by atoms with Crippen molar-refractivity contribution in [2.24, 2.45) is 0 Å². The summed E-state index contributed by atoms with van der Waals surface area (Å²) in [5.74, 6) is 1.50. The van der Waals surface area contributed by atoms with E-state index in [1.165, 1.54) is 5.56 Å². The SMILES string of the molecule is COc1ccc(CNC(=O)c2ccc(Nc3ccccc3C(C)C)nn2)cc1. The summed E-state index contributed by atoms with van der Waals surface area (Å²) in [7, 11) is 1.62. The van der Waals surface area contributed by atoms with Gasteiger partial charge in [0.25, 0.3) is 5.91 Å². The van der Waals surface area contributed by atoms with Gasteiger partial charge in [0.15, 0.2) is 11.5 Å². The standard InChI is InChI=1S/C22H24N4O2/c1-15(2)18-6-4-5-7-19(18)24-21-13-12-20(25-26-21)22(27)23-14-16-8-10-17(28-3)11-9-16/h4-13,15H,14H2,1-3H3,(H,23,27)(H,24,26). The molecule has 2 N–H and O–H groups in total. The quantitative estimate of drug-likeness (QED) is 0.644. The van der Waals surface area contributed by atoms with Crippen LogP contribution in [0.15, 0.2) is 60.7 Å². The Bertz CT molecular complexity index is 922. The molecule has 1 amide bonds. The van der Waals surface area contributed by atoms with E-state index in [9.17, 15) is 4.79 Å². The Morgan fingerprint density at radius 1 is 1.00 bits per heavy atom. The molecule has 1 heterocycles. The maximum atomic E-state index is 12.3. The lowest BCUT2D eigenvalue weighted by Gasteiger charge is -2.13. The molecule has 2 aromatic carbocycles. The second-order valence-corrected chi connectivity index (χ2v) is 6.70. The van der Waals surface area contributed by atoms with Crippen molar-refractivity contribution in [1.82, 2.24) is 15.5 Å². The fourth-order valence-electron chi connectivity index (χ4n) is 2.79. The fourth-order valence-corrected chi connectivity index (χ4v) is 2.79. The second-order valence-electron chi connectivity index (χ2n) is 6.70. The molecule has 0 radical (unpaired) electrons. The maximum absolute atomic E-state index is 12.3. The number of anilines is 2. The van der Waals surface area contributed by atoms with Crippen molar-refractivity contribution in [1.29, 1.82) is 0 Å². The highest BCUT2D eigenvalue weighted by molar-refractivity contribution is 5.92. The molecule has 6 heteroatoms. The van der Waals surface area contributed by atoms with Crippen molar-refractivity contribution >= 4 is 17.4 Å². The Balaban J connectivity index is 1.61. The molecule has 0 saturated heterocycles. The van der Waals surface area contributed by atoms with E-state index in [0.717, 1.165) is 17.0 Å². The van der Waals surface area contributed by atoms with E-state index < -0.39 is 0 Å². The van der Waals surface area contributed by atoms with Crippen LogP contribution in [0.1, 0.15) is 41.4 Å². The van der Waals surface area contributed by atoms with Gasteiger partial charge < -0.3 is 15.4 Å². The van der Waals surface area contributed by atoms with Crippen molar-refractivity contribution in [3.63, 3.8) is 0 Å². The van der Waals surface area contributed by atoms with E-state index in [2.05, 4.69) is 40.7 Å². The van der Waals surface area contributed by atoms with Gasteiger partial charge in [-0.1, -0.05) is 44.2 Å². The number of carbonyl (C=O) groups is 1. The summed E-state index contributed by atoms with van der Waals surface area (Å²) in [5.41, 5.74) is 3.44. The average Bonchev–Trinajstić information content (AvgIpc) is 2.73. The van der Waals surface area contributed by atoms with Gasteiger partial charge in [0.1, 0.15) is 5.75 Å². The molecule has 0 spiro atoms. The zero-order valence-electron chi connectivity index (χ0n) is 16.3. The molecule has 0 aliphatic carbocycles. The first kappa shape index (κ1) is 19.4. The molecule has 3 rings (SSSR count). The van der Waals surface area contributed by atoms with Crippen LogP contribution in [-0.2, 0) is 6.54 Å². The van der Waals surface area contributed by atoms with Gasteiger partial charge in [-0.15, -0.1) is 10.2 Å². The van der Waals surface area contributed by atoms with Crippen LogP contribution in [0.5, 0.6) is 5.75 Å². The first-order chi connectivity index (χ1) is 13.6. The van der Waals surface area contributed by atoms with Gasteiger partial charge >= 0.3 is 0 Å². The molecule has 144 valence electrons. The third-order valence-electron chi connectivity index (χ3n) is 4.35. The van der Waals surface area contributed by atoms with Crippen LogP contribution >= 0.6 is 0 Å². The third-order valence-corrected chi connectivity index (χ3v) is 4.35. The normalized spacial score (nSPS) is 10.6. The topological polar surface area (TPSA) is 76.1 Å². The number of nitrogens with zero attached hydrogens (tertiary/aromatic N) is 2. The predicted molar refractivity (Wildman–Crippen MR) is 110 cm³/mol. The van der Waals surface area contributed by atoms with Crippen LogP contribution in [0, 0.1) is 0 Å². The molecule has 0 unspecified atom stereocenters. The van der Waals surface area contributed by atoms with Crippen LogP contribution in [-0.4, -0.2) is 23.2 Å². The Kier molecular flexibility index (Phi) is 6.22. The molecule has 0 aliphatic heterocycles. The van der Waals surface area contributed by atoms with Gasteiger partial charge in [-0.3, -0.25) is 4.79 Å². The summed E-state index contributed by atoms with van der Waals surface area (Å²) >= 11 is 0. The third kappa shape index (κ3) is 4.85. The van der Waals surface area contributed by atoms with E-state index in [1.807, 2.05) is 42.5 Å². The van der Waals surface area contributed by atoms with E-state index >= 15 is 0 Å². The number of carbonyl (C=O) groups excluding carboxylic acids is 1. The van der Waals surface area contributed by atoms with Gasteiger partial charge in [-0.25, -0.2) is 0 Å². The predicted octanol–water partition coefficient (Wildman–Crippen LogP) is 4.28. The summed E-state index contributed by atoms with van der Waals surface area (Å²) in [4.78, 5) is 12.3. The van der Waals surface area contributed by atoms with Gasteiger partial charge in [0.2, 0.25) is 0 Å². The van der Waals surface area contributed by atoms with Gasteiger partial charge in [0.05, 0.1) is 7.11 Å². The molecular formula is C22H24N4O2. The van der Waals surface area contributed by atoms with Crippen molar-refractivity contribution in [2.75, 3.05) is 12.4 Å². The lowest BCUT2D eigenvalue weighted by Crippen LogP contribution is -2.24. The molecule has 6 nitrogen and oxygen atoms in total. The van der Waals surface area contributed by atoms with Crippen LogP contribution in [0.2, 0.25) is 0 Å². The minimum absolute atomic E-state index is 0.266. The Hall–Kier alpha value is -3.41. The number of benzene rings is 2. The highest BCUT2D eigenvalue weighted by atomic mass is 16.5. The van der Waals surface area contributed by atoms with Crippen LogP contribution < -0.4 is 15.4 Å². The molecular weight excluding hydrogens is 352 g/mol. The number of hydrogen-bond donors (Lipinski definition) is 2. The summed E-state index contributed by atoms with van der Waals surface area (Å²) in [6, 6.07) is 19.0. The average molecular weight is 376 g/mol. The highest BCUT2D eigenvalue weighted by Gasteiger charge is 2.10. The first-order valence-electron chi connectivity index (χ1n) is 9.17. The number of para-hydroxylation sites is 1. The summed E-state index contributed by atoms with van der Waals surface area (Å²) in [6.45, 7) is 4.69. The highest BCUT2D eigenvalue weighted by Crippen LogP contribution is 2.25. The fraction of sp³-hybridized carbons (Fsp3) is 0.227. The minimum Gasteiger partial charge on any atom is -0.497 e. The van der Waals surface area contributed by atoms with E-state index in [0.29, 0.717) is 18.3 Å². The number of aromatic nitrogens is 2. The smallest absolute Gasteiger partial charge is 0.272 e. The summed E-state index contributed by atoms with van der Waals surface area (Å²) in [5, 5.41) is 14.3. The molecule has 3 aromatic rings. The van der Waals surface area contributed by atoms with E-state index in [-0.39, 0.29) is 11.6 Å².